The Hall–Kier alpha value is -0.510. The molecule has 1 rings (SSSR count). The number of rotatable bonds is 2. The van der Waals surface area contributed by atoms with E-state index in [-0.39, 0.29) is 0 Å². The predicted molar refractivity (Wildman–Crippen MR) is 51.6 cm³/mol. The van der Waals surface area contributed by atoms with Crippen LogP contribution in [0.1, 0.15) is 32.6 Å². The lowest BCUT2D eigenvalue weighted by Crippen LogP contribution is -2.02. The summed E-state index contributed by atoms with van der Waals surface area (Å²) in [6, 6.07) is 0. The van der Waals surface area contributed by atoms with Gasteiger partial charge in [0.05, 0.1) is 6.26 Å². The van der Waals surface area contributed by atoms with Crippen molar-refractivity contribution in [3.05, 3.63) is 11.8 Å². The van der Waals surface area contributed by atoms with Crippen molar-refractivity contribution in [1.29, 1.82) is 0 Å². The van der Waals surface area contributed by atoms with Crippen LogP contribution in [0.4, 0.5) is 0 Å². The molecule has 1 aliphatic carbocycles. The molecule has 13 heavy (non-hydrogen) atoms. The molecule has 0 saturated carbocycles. The maximum Gasteiger partial charge on any atom is 0.305 e. The SMILES string of the molecule is C[C@H]1CCC=[13C](OS(C)(=O)=O)CC1. The van der Waals surface area contributed by atoms with E-state index in [1.54, 1.807) is 0 Å². The summed E-state index contributed by atoms with van der Waals surface area (Å²) in [6.45, 7) is 2.18. The maximum absolute atomic E-state index is 10.8. The highest BCUT2D eigenvalue weighted by Gasteiger charge is 2.12. The van der Waals surface area contributed by atoms with Crippen LogP contribution in [-0.4, -0.2) is 14.7 Å². The smallest absolute Gasteiger partial charge is 0.305 e. The van der Waals surface area contributed by atoms with Crippen LogP contribution in [0, 0.1) is 5.92 Å². The number of allylic oxidation sites excluding steroid dienone is 2. The van der Waals surface area contributed by atoms with Crippen LogP contribution in [-0.2, 0) is 14.3 Å². The first kappa shape index (κ1) is 10.6. The Bertz CT molecular complexity index is 290. The van der Waals surface area contributed by atoms with E-state index >= 15 is 0 Å². The maximum atomic E-state index is 10.8. The van der Waals surface area contributed by atoms with Crippen molar-refractivity contribution < 1.29 is 12.6 Å². The lowest BCUT2D eigenvalue weighted by molar-refractivity contribution is 0.384. The van der Waals surface area contributed by atoms with E-state index in [4.69, 9.17) is 4.18 Å². The molecule has 76 valence electrons. The molecule has 3 nitrogen and oxygen atoms in total. The summed E-state index contributed by atoms with van der Waals surface area (Å²) < 4.78 is 26.5. The molecule has 0 unspecified atom stereocenters. The van der Waals surface area contributed by atoms with Gasteiger partial charge in [0, 0.05) is 6.42 Å². The first-order chi connectivity index (χ1) is 5.97. The van der Waals surface area contributed by atoms with Crippen molar-refractivity contribution in [2.24, 2.45) is 5.92 Å². The van der Waals surface area contributed by atoms with Gasteiger partial charge in [-0.1, -0.05) is 6.92 Å². The average molecular weight is 205 g/mol. The van der Waals surface area contributed by atoms with Crippen molar-refractivity contribution in [3.8, 4) is 0 Å². The van der Waals surface area contributed by atoms with E-state index in [1.807, 2.05) is 6.08 Å². The van der Waals surface area contributed by atoms with Crippen molar-refractivity contribution in [2.75, 3.05) is 6.26 Å². The van der Waals surface area contributed by atoms with Gasteiger partial charge in [-0.15, -0.1) is 0 Å². The predicted octanol–water partition coefficient (Wildman–Crippen LogP) is 2.06. The fourth-order valence-corrected chi connectivity index (χ4v) is 1.97. The lowest BCUT2D eigenvalue weighted by atomic mass is 10.0. The largest absolute Gasteiger partial charge is 0.387 e. The lowest BCUT2D eigenvalue weighted by Gasteiger charge is -2.07. The molecule has 0 aromatic heterocycles. The molecule has 1 atom stereocenters. The zero-order valence-electron chi connectivity index (χ0n) is 8.12. The Morgan fingerprint density at radius 2 is 2.15 bits per heavy atom. The van der Waals surface area contributed by atoms with Crippen LogP contribution < -0.4 is 0 Å². The molecule has 0 fully saturated rings. The van der Waals surface area contributed by atoms with Gasteiger partial charge in [0.1, 0.15) is 5.76 Å². The van der Waals surface area contributed by atoms with Crippen LogP contribution >= 0.6 is 0 Å². The van der Waals surface area contributed by atoms with Crippen LogP contribution in [0.2, 0.25) is 0 Å². The molecular formula is C9H16O3S. The molecular weight excluding hydrogens is 189 g/mol. The normalized spacial score (nSPS) is 24.8. The quantitative estimate of drug-likeness (QED) is 0.512. The van der Waals surface area contributed by atoms with E-state index in [0.29, 0.717) is 11.7 Å². The molecule has 0 aromatic rings. The van der Waals surface area contributed by atoms with Gasteiger partial charge in [-0.2, -0.15) is 8.42 Å². The van der Waals surface area contributed by atoms with Crippen molar-refractivity contribution in [2.45, 2.75) is 32.6 Å². The Balaban J connectivity index is 2.56. The van der Waals surface area contributed by atoms with Gasteiger partial charge < -0.3 is 4.18 Å². The van der Waals surface area contributed by atoms with E-state index in [0.717, 1.165) is 31.9 Å². The average Bonchev–Trinajstić information content (AvgIpc) is 2.12. The molecule has 0 radical (unpaired) electrons. The van der Waals surface area contributed by atoms with Gasteiger partial charge in [-0.05, 0) is 31.3 Å². The summed E-state index contributed by atoms with van der Waals surface area (Å²) in [5, 5.41) is 0. The van der Waals surface area contributed by atoms with Crippen molar-refractivity contribution >= 4 is 10.1 Å². The van der Waals surface area contributed by atoms with Crippen LogP contribution in [0.25, 0.3) is 0 Å². The Labute approximate surface area is 79.9 Å². The molecule has 0 aliphatic heterocycles. The third-order valence-corrected chi connectivity index (χ3v) is 2.69. The first-order valence-corrected chi connectivity index (χ1v) is 6.37. The summed E-state index contributed by atoms with van der Waals surface area (Å²) >= 11 is 0. The summed E-state index contributed by atoms with van der Waals surface area (Å²) in [5.74, 6) is 1.28. The highest BCUT2D eigenvalue weighted by Crippen LogP contribution is 2.23. The topological polar surface area (TPSA) is 43.4 Å². The fourth-order valence-electron chi connectivity index (χ4n) is 1.43. The fraction of sp³-hybridized carbons (Fsp3) is 0.778. The van der Waals surface area contributed by atoms with Gasteiger partial charge in [0.2, 0.25) is 0 Å². The molecule has 0 heterocycles. The number of hydrogen-bond donors (Lipinski definition) is 0. The van der Waals surface area contributed by atoms with E-state index in [2.05, 4.69) is 6.92 Å². The van der Waals surface area contributed by atoms with Gasteiger partial charge >= 0.3 is 10.1 Å². The minimum atomic E-state index is -3.33. The first-order valence-electron chi connectivity index (χ1n) is 4.56. The molecule has 0 bridgehead atoms. The van der Waals surface area contributed by atoms with Gasteiger partial charge in [-0.25, -0.2) is 0 Å². The summed E-state index contributed by atoms with van der Waals surface area (Å²) in [7, 11) is -3.33. The van der Waals surface area contributed by atoms with Gasteiger partial charge in [0.25, 0.3) is 0 Å². The standard InChI is InChI=1S/C9H16O3S/c1-8-4-3-5-9(7-6-8)12-13(2,10)11/h5,8H,3-4,6-7H2,1-2H3/t8-/m0/s1/i9+1. The van der Waals surface area contributed by atoms with Gasteiger partial charge in [-0.3, -0.25) is 0 Å². The molecule has 4 heteroatoms. The van der Waals surface area contributed by atoms with Crippen LogP contribution in [0.5, 0.6) is 0 Å². The molecule has 0 aromatic carbocycles. The minimum Gasteiger partial charge on any atom is -0.387 e. The van der Waals surface area contributed by atoms with Crippen LogP contribution in [0.3, 0.4) is 0 Å². The van der Waals surface area contributed by atoms with E-state index in [1.165, 1.54) is 0 Å². The second-order valence-electron chi connectivity index (χ2n) is 3.68. The van der Waals surface area contributed by atoms with Gasteiger partial charge in [0.15, 0.2) is 0 Å². The van der Waals surface area contributed by atoms with Crippen molar-refractivity contribution in [3.63, 3.8) is 0 Å². The summed E-state index contributed by atoms with van der Waals surface area (Å²) in [4.78, 5) is 0. The summed E-state index contributed by atoms with van der Waals surface area (Å²) in [6.07, 6.45) is 6.78. The van der Waals surface area contributed by atoms with Crippen LogP contribution in [0.15, 0.2) is 11.8 Å². The minimum absolute atomic E-state index is 0.617. The second-order valence-corrected chi connectivity index (χ2v) is 5.25. The molecule has 0 amide bonds. The van der Waals surface area contributed by atoms with Crippen molar-refractivity contribution in [1.82, 2.24) is 0 Å². The highest BCUT2D eigenvalue weighted by atomic mass is 32.2. The monoisotopic (exact) mass is 205 g/mol. The third kappa shape index (κ3) is 4.31. The Morgan fingerprint density at radius 1 is 1.46 bits per heavy atom. The molecule has 0 N–H and O–H groups in total. The molecule has 1 aliphatic rings. The third-order valence-electron chi connectivity index (χ3n) is 2.17. The summed E-state index contributed by atoms with van der Waals surface area (Å²) in [5.41, 5.74) is 0. The Kier molecular flexibility index (Phi) is 3.36. The Morgan fingerprint density at radius 3 is 2.77 bits per heavy atom. The zero-order chi connectivity index (χ0) is 9.90. The number of hydrogen-bond acceptors (Lipinski definition) is 3. The molecule has 0 saturated heterocycles. The molecule has 0 spiro atoms. The highest BCUT2D eigenvalue weighted by molar-refractivity contribution is 7.86. The van der Waals surface area contributed by atoms with E-state index in [9.17, 15) is 8.42 Å². The second kappa shape index (κ2) is 4.13. The van der Waals surface area contributed by atoms with E-state index < -0.39 is 10.1 Å². The zero-order valence-corrected chi connectivity index (χ0v) is 8.93.